The predicted octanol–water partition coefficient (Wildman–Crippen LogP) is 2.63. The first-order valence-electron chi connectivity index (χ1n) is 8.58. The topological polar surface area (TPSA) is 88.1 Å². The summed E-state index contributed by atoms with van der Waals surface area (Å²) in [7, 11) is 0. The van der Waals surface area contributed by atoms with Gasteiger partial charge in [-0.15, -0.1) is 0 Å². The van der Waals surface area contributed by atoms with Crippen molar-refractivity contribution in [3.63, 3.8) is 0 Å². The second-order valence-electron chi connectivity index (χ2n) is 6.36. The smallest absolute Gasteiger partial charge is 0.303 e. The van der Waals surface area contributed by atoms with Crippen molar-refractivity contribution in [1.82, 2.24) is 0 Å². The minimum Gasteiger partial charge on any atom is -0.456 e. The van der Waals surface area contributed by atoms with Crippen LogP contribution in [0, 0.1) is 6.92 Å². The van der Waals surface area contributed by atoms with Crippen molar-refractivity contribution in [3.05, 3.63) is 29.8 Å². The van der Waals surface area contributed by atoms with E-state index in [-0.39, 0.29) is 0 Å². The summed E-state index contributed by atoms with van der Waals surface area (Å²) >= 11 is 1.35. The molecule has 1 aromatic carbocycles. The molecule has 0 aliphatic carbocycles. The third-order valence-corrected chi connectivity index (χ3v) is 5.06. The quantitative estimate of drug-likeness (QED) is 0.554. The SMILES string of the molecule is CC(=O)OC1C(C)OC(Sc2ccc(C)cc2)C(OC(C)=O)C1OC(C)=O. The molecule has 1 aliphatic heterocycles. The van der Waals surface area contributed by atoms with Gasteiger partial charge >= 0.3 is 17.9 Å². The summed E-state index contributed by atoms with van der Waals surface area (Å²) in [6.45, 7) is 7.47. The van der Waals surface area contributed by atoms with Gasteiger partial charge in [-0.05, 0) is 26.0 Å². The van der Waals surface area contributed by atoms with E-state index in [1.807, 2.05) is 31.2 Å². The van der Waals surface area contributed by atoms with E-state index < -0.39 is 47.8 Å². The number of rotatable bonds is 5. The van der Waals surface area contributed by atoms with E-state index in [1.54, 1.807) is 6.92 Å². The van der Waals surface area contributed by atoms with E-state index in [2.05, 4.69) is 0 Å². The largest absolute Gasteiger partial charge is 0.456 e. The van der Waals surface area contributed by atoms with Crippen molar-refractivity contribution in [2.75, 3.05) is 0 Å². The van der Waals surface area contributed by atoms with Crippen molar-refractivity contribution in [1.29, 1.82) is 0 Å². The molecule has 5 unspecified atom stereocenters. The van der Waals surface area contributed by atoms with E-state index in [0.717, 1.165) is 10.5 Å². The van der Waals surface area contributed by atoms with Crippen LogP contribution in [0.1, 0.15) is 33.3 Å². The fourth-order valence-corrected chi connectivity index (χ4v) is 3.95. The summed E-state index contributed by atoms with van der Waals surface area (Å²) < 4.78 is 22.1. The van der Waals surface area contributed by atoms with Gasteiger partial charge in [0.2, 0.25) is 0 Å². The molecule has 0 bridgehead atoms. The molecule has 148 valence electrons. The Kier molecular flexibility index (Phi) is 7.26. The lowest BCUT2D eigenvalue weighted by atomic mass is 10.00. The molecule has 2 rings (SSSR count). The Morgan fingerprint density at radius 3 is 1.85 bits per heavy atom. The van der Waals surface area contributed by atoms with Gasteiger partial charge in [0.15, 0.2) is 18.3 Å². The molecule has 0 radical (unpaired) electrons. The van der Waals surface area contributed by atoms with Crippen LogP contribution in [0.2, 0.25) is 0 Å². The van der Waals surface area contributed by atoms with Crippen LogP contribution in [-0.4, -0.2) is 47.8 Å². The minimum atomic E-state index is -0.970. The molecule has 0 spiro atoms. The highest BCUT2D eigenvalue weighted by Crippen LogP contribution is 2.37. The van der Waals surface area contributed by atoms with Gasteiger partial charge < -0.3 is 18.9 Å². The van der Waals surface area contributed by atoms with E-state index in [1.165, 1.54) is 32.5 Å². The lowest BCUT2D eigenvalue weighted by Crippen LogP contribution is -2.59. The Hall–Kier alpha value is -2.06. The highest BCUT2D eigenvalue weighted by Gasteiger charge is 2.50. The Morgan fingerprint density at radius 1 is 0.852 bits per heavy atom. The number of ether oxygens (including phenoxy) is 4. The molecule has 0 N–H and O–H groups in total. The number of carbonyl (C=O) groups excluding carboxylic acids is 3. The zero-order valence-corrected chi connectivity index (χ0v) is 16.8. The summed E-state index contributed by atoms with van der Waals surface area (Å²) in [5.41, 5.74) is 0.476. The standard InChI is InChI=1S/C19H24O7S/c1-10-6-8-15(9-7-10)27-19-18(26-14(5)22)17(25-13(4)21)16(11(2)23-19)24-12(3)20/h6-9,11,16-19H,1-5H3. The first kappa shape index (κ1) is 21.2. The Bertz CT molecular complexity index is 688. The van der Waals surface area contributed by atoms with Gasteiger partial charge in [0.25, 0.3) is 0 Å². The maximum Gasteiger partial charge on any atom is 0.303 e. The number of thioether (sulfide) groups is 1. The van der Waals surface area contributed by atoms with Crippen molar-refractivity contribution >= 4 is 29.7 Å². The molecule has 0 aromatic heterocycles. The van der Waals surface area contributed by atoms with Crippen molar-refractivity contribution < 1.29 is 33.3 Å². The number of esters is 3. The summed E-state index contributed by atoms with van der Waals surface area (Å²) in [6.07, 6.45) is -3.35. The Morgan fingerprint density at radius 2 is 1.33 bits per heavy atom. The number of hydrogen-bond donors (Lipinski definition) is 0. The first-order chi connectivity index (χ1) is 12.7. The van der Waals surface area contributed by atoms with Crippen LogP contribution in [0.4, 0.5) is 0 Å². The van der Waals surface area contributed by atoms with E-state index in [0.29, 0.717) is 0 Å². The second-order valence-corrected chi connectivity index (χ2v) is 7.53. The van der Waals surface area contributed by atoms with Gasteiger partial charge in [0.05, 0.1) is 6.10 Å². The van der Waals surface area contributed by atoms with Crippen molar-refractivity contribution in [2.24, 2.45) is 0 Å². The van der Waals surface area contributed by atoms with E-state index in [4.69, 9.17) is 18.9 Å². The van der Waals surface area contributed by atoms with Crippen LogP contribution >= 0.6 is 11.8 Å². The summed E-state index contributed by atoms with van der Waals surface area (Å²) in [4.78, 5) is 35.7. The normalized spacial score (nSPS) is 27.5. The monoisotopic (exact) mass is 396 g/mol. The van der Waals surface area contributed by atoms with Gasteiger partial charge in [-0.3, -0.25) is 14.4 Å². The van der Waals surface area contributed by atoms with Crippen LogP contribution in [0.25, 0.3) is 0 Å². The molecule has 1 aromatic rings. The minimum absolute atomic E-state index is 0.543. The summed E-state index contributed by atoms with van der Waals surface area (Å²) in [6, 6.07) is 7.77. The molecular weight excluding hydrogens is 372 g/mol. The lowest BCUT2D eigenvalue weighted by molar-refractivity contribution is -0.229. The summed E-state index contributed by atoms with van der Waals surface area (Å²) in [5, 5.41) is 0. The van der Waals surface area contributed by atoms with Crippen molar-refractivity contribution in [3.8, 4) is 0 Å². The maximum atomic E-state index is 11.7. The third-order valence-electron chi connectivity index (χ3n) is 3.91. The molecule has 1 fully saturated rings. The first-order valence-corrected chi connectivity index (χ1v) is 9.45. The molecule has 5 atom stereocenters. The molecule has 0 saturated carbocycles. The maximum absolute atomic E-state index is 11.7. The number of aryl methyl sites for hydroxylation is 1. The Balaban J connectivity index is 2.33. The van der Waals surface area contributed by atoms with Crippen LogP contribution in [0.5, 0.6) is 0 Å². The zero-order valence-electron chi connectivity index (χ0n) is 16.0. The van der Waals surface area contributed by atoms with Crippen LogP contribution in [0.3, 0.4) is 0 Å². The van der Waals surface area contributed by atoms with E-state index in [9.17, 15) is 14.4 Å². The van der Waals surface area contributed by atoms with Gasteiger partial charge in [-0.1, -0.05) is 29.5 Å². The van der Waals surface area contributed by atoms with Crippen molar-refractivity contribution in [2.45, 2.75) is 69.4 Å². The summed E-state index contributed by atoms with van der Waals surface area (Å²) in [5.74, 6) is -1.66. The molecule has 27 heavy (non-hydrogen) atoms. The fourth-order valence-electron chi connectivity index (χ4n) is 2.82. The molecule has 1 saturated heterocycles. The predicted molar refractivity (Wildman–Crippen MR) is 98.0 cm³/mol. The third kappa shape index (κ3) is 5.97. The van der Waals surface area contributed by atoms with Crippen LogP contribution in [-0.2, 0) is 33.3 Å². The number of carbonyl (C=O) groups is 3. The highest BCUT2D eigenvalue weighted by atomic mass is 32.2. The van der Waals surface area contributed by atoms with Gasteiger partial charge in [0.1, 0.15) is 5.44 Å². The highest BCUT2D eigenvalue weighted by molar-refractivity contribution is 7.99. The molecule has 1 heterocycles. The van der Waals surface area contributed by atoms with Crippen LogP contribution < -0.4 is 0 Å². The van der Waals surface area contributed by atoms with Crippen LogP contribution in [0.15, 0.2) is 29.2 Å². The lowest BCUT2D eigenvalue weighted by Gasteiger charge is -2.43. The number of hydrogen-bond acceptors (Lipinski definition) is 8. The zero-order chi connectivity index (χ0) is 20.1. The number of benzene rings is 1. The van der Waals surface area contributed by atoms with Gasteiger partial charge in [-0.2, -0.15) is 0 Å². The molecule has 1 aliphatic rings. The average Bonchev–Trinajstić information content (AvgIpc) is 2.55. The Labute approximate surface area is 162 Å². The fraction of sp³-hybridized carbons (Fsp3) is 0.526. The van der Waals surface area contributed by atoms with Gasteiger partial charge in [0, 0.05) is 25.7 Å². The van der Waals surface area contributed by atoms with E-state index >= 15 is 0 Å². The average molecular weight is 396 g/mol. The van der Waals surface area contributed by atoms with Gasteiger partial charge in [-0.25, -0.2) is 0 Å². The molecular formula is C19H24O7S. The second kappa shape index (κ2) is 9.23. The molecule has 8 heteroatoms. The molecule has 0 amide bonds. The molecule has 7 nitrogen and oxygen atoms in total.